The summed E-state index contributed by atoms with van der Waals surface area (Å²) >= 11 is 0. The number of halogens is 2. The molecule has 4 N–H and O–H groups in total. The summed E-state index contributed by atoms with van der Waals surface area (Å²) in [5, 5.41) is 5.62. The minimum Gasteiger partial charge on any atom is -0.453 e. The second-order valence-electron chi connectivity index (χ2n) is 23.1. The van der Waals surface area contributed by atoms with Gasteiger partial charge in [0.05, 0.1) is 35.9 Å². The van der Waals surface area contributed by atoms with Gasteiger partial charge in [-0.05, 0) is 122 Å². The minimum atomic E-state index is -3.30. The number of carbonyl (C=O) groups excluding carboxylic acids is 4. The number of imidazole rings is 2. The van der Waals surface area contributed by atoms with Gasteiger partial charge in [-0.3, -0.25) is 9.59 Å². The van der Waals surface area contributed by atoms with E-state index in [-0.39, 0.29) is 69.7 Å². The Bertz CT molecular complexity index is 2950. The number of aromatic amines is 2. The molecule has 5 aliphatic rings. The van der Waals surface area contributed by atoms with E-state index >= 15 is 8.78 Å². The number of aromatic nitrogens is 4. The number of nitrogens with one attached hydrogen (secondary N) is 4. The molecule has 2 saturated heterocycles. The number of fused-ring (bicyclic) bond motifs is 6. The standard InChI is InChI=1S/C55H66F2N8O6/c1-28(2)43(62-50(68)70-10)48(66)64-27-54(19-20-54)25-42(64)46-58-26-41(61-46)32-13-17-36-35-16-12-30(22-37(35)55(56,57)38(36)23-32)31-14-18-39-40(24-31)60-47(59-39)45-33-11-15-34(21-33)65(45)49(67)44(29(3)4)63-51(69)71-53(8,9)52(5,6)7/h12-14,16-18,22-24,26,28-29,33-34,42-45H,11,15,19-21,25,27H2,1-10H3,(H,58,61)(H,59,60)(H,62,68)(H,63,69)/t33-,34+,42-,43-,44-,45-/m0/s1. The molecule has 10 rings (SSSR count). The van der Waals surface area contributed by atoms with Crippen molar-refractivity contribution >= 4 is 35.0 Å². The van der Waals surface area contributed by atoms with Gasteiger partial charge in [0.25, 0.3) is 5.92 Å². The predicted octanol–water partition coefficient (Wildman–Crippen LogP) is 10.8. The van der Waals surface area contributed by atoms with E-state index in [0.717, 1.165) is 49.6 Å². The van der Waals surface area contributed by atoms with Gasteiger partial charge in [0, 0.05) is 40.9 Å². The van der Waals surface area contributed by atoms with Crippen molar-refractivity contribution in [1.29, 1.82) is 0 Å². The minimum absolute atomic E-state index is 0.00635. The predicted molar refractivity (Wildman–Crippen MR) is 265 cm³/mol. The maximum Gasteiger partial charge on any atom is 0.408 e. The van der Waals surface area contributed by atoms with Gasteiger partial charge in [0.2, 0.25) is 11.8 Å². The monoisotopic (exact) mass is 973 g/mol. The SMILES string of the molecule is COC(=O)N[C@H](C(=O)N1CC2(CC2)C[C@H]1c1nc(-c2ccc3c(c2)C(F)(F)c2cc(-c4ccc5nc([C@@H]6[C@H]7CC[C@H](C7)N6C(=O)[C@@H](NC(=O)OC(C)(C)C(C)(C)C)C(C)C)[nH]c5c4)ccc2-3)c[nH]1)C(C)C. The number of benzene rings is 3. The van der Waals surface area contributed by atoms with E-state index in [4.69, 9.17) is 19.4 Å². The van der Waals surface area contributed by atoms with Crippen LogP contribution in [-0.4, -0.2) is 91.1 Å². The number of hydrogen-bond donors (Lipinski definition) is 4. The quantitative estimate of drug-likeness (QED) is 0.101. The van der Waals surface area contributed by atoms with Crippen molar-refractivity contribution in [2.24, 2.45) is 28.6 Å². The van der Waals surface area contributed by atoms with Crippen LogP contribution < -0.4 is 10.6 Å². The fourth-order valence-corrected chi connectivity index (χ4v) is 11.4. The van der Waals surface area contributed by atoms with Crippen molar-refractivity contribution < 1.29 is 37.4 Å². The maximum atomic E-state index is 16.8. The first-order valence-corrected chi connectivity index (χ1v) is 25.2. The number of methoxy groups -OCH3 is 1. The van der Waals surface area contributed by atoms with Crippen LogP contribution in [0.5, 0.6) is 0 Å². The number of H-pyrrole nitrogens is 2. The molecule has 71 heavy (non-hydrogen) atoms. The fraction of sp³-hybridized carbons (Fsp3) is 0.527. The van der Waals surface area contributed by atoms with Crippen LogP contribution in [0.15, 0.2) is 60.8 Å². The van der Waals surface area contributed by atoms with E-state index in [9.17, 15) is 19.2 Å². The molecule has 2 aliphatic heterocycles. The fourth-order valence-electron chi connectivity index (χ4n) is 11.4. The van der Waals surface area contributed by atoms with Crippen molar-refractivity contribution in [2.75, 3.05) is 13.7 Å². The first-order valence-electron chi connectivity index (χ1n) is 25.2. The topological polar surface area (TPSA) is 175 Å². The highest BCUT2D eigenvalue weighted by molar-refractivity contribution is 5.89. The Balaban J connectivity index is 0.876. The van der Waals surface area contributed by atoms with Gasteiger partial charge >= 0.3 is 12.2 Å². The zero-order valence-corrected chi connectivity index (χ0v) is 42.3. The van der Waals surface area contributed by atoms with E-state index in [1.165, 1.54) is 13.2 Å². The zero-order valence-electron chi connectivity index (χ0n) is 42.3. The van der Waals surface area contributed by atoms with Crippen LogP contribution in [0.25, 0.3) is 44.5 Å². The number of nitrogens with zero attached hydrogens (tertiary/aromatic N) is 4. The Hall–Kier alpha value is -6.32. The smallest absolute Gasteiger partial charge is 0.408 e. The van der Waals surface area contributed by atoms with E-state index < -0.39 is 35.8 Å². The highest BCUT2D eigenvalue weighted by atomic mass is 19.3. The van der Waals surface area contributed by atoms with Crippen molar-refractivity contribution in [3.63, 3.8) is 0 Å². The van der Waals surface area contributed by atoms with Crippen molar-refractivity contribution in [3.05, 3.63) is 83.6 Å². The van der Waals surface area contributed by atoms with Gasteiger partial charge in [-0.25, -0.2) is 19.6 Å². The van der Waals surface area contributed by atoms with Gasteiger partial charge in [0.1, 0.15) is 29.3 Å². The lowest BCUT2D eigenvalue weighted by molar-refractivity contribution is -0.139. The van der Waals surface area contributed by atoms with Crippen molar-refractivity contribution in [1.82, 2.24) is 40.4 Å². The number of hydrogen-bond acceptors (Lipinski definition) is 8. The summed E-state index contributed by atoms with van der Waals surface area (Å²) < 4.78 is 44.2. The molecular formula is C55H66F2N8O6. The van der Waals surface area contributed by atoms with E-state index in [1.807, 2.05) is 97.5 Å². The Labute approximate surface area is 413 Å². The molecule has 16 heteroatoms. The number of alkyl carbamates (subject to hydrolysis) is 2. The summed E-state index contributed by atoms with van der Waals surface area (Å²) in [6.45, 7) is 17.9. The van der Waals surface area contributed by atoms with Crippen molar-refractivity contribution in [3.8, 4) is 33.5 Å². The van der Waals surface area contributed by atoms with Gasteiger partial charge in [-0.1, -0.05) is 78.8 Å². The van der Waals surface area contributed by atoms with Crippen LogP contribution in [0.4, 0.5) is 18.4 Å². The molecule has 0 radical (unpaired) electrons. The number of rotatable bonds is 11. The number of ether oxygens (including phenoxy) is 2. The molecule has 4 amide bonds. The van der Waals surface area contributed by atoms with Gasteiger partial charge in [0.15, 0.2) is 0 Å². The molecule has 2 bridgehead atoms. The molecule has 3 aliphatic carbocycles. The van der Waals surface area contributed by atoms with Crippen LogP contribution in [0.2, 0.25) is 0 Å². The Morgan fingerprint density at radius 3 is 2.06 bits per heavy atom. The summed E-state index contributed by atoms with van der Waals surface area (Å²) in [7, 11) is 1.27. The lowest BCUT2D eigenvalue weighted by Gasteiger charge is -2.40. The van der Waals surface area contributed by atoms with Crippen LogP contribution in [0, 0.1) is 28.6 Å². The van der Waals surface area contributed by atoms with E-state index in [0.29, 0.717) is 51.7 Å². The third kappa shape index (κ3) is 8.41. The highest BCUT2D eigenvalue weighted by Gasteiger charge is 2.56. The summed E-state index contributed by atoms with van der Waals surface area (Å²) in [6, 6.07) is 13.7. The molecule has 0 unspecified atom stereocenters. The number of carbonyl (C=O) groups is 4. The average Bonchev–Trinajstić information content (AvgIpc) is 3.98. The third-order valence-corrected chi connectivity index (χ3v) is 16.7. The van der Waals surface area contributed by atoms with Gasteiger partial charge in [-0.15, -0.1) is 0 Å². The summed E-state index contributed by atoms with van der Waals surface area (Å²) in [6.07, 6.45) is 5.81. The second kappa shape index (κ2) is 17.2. The molecule has 1 spiro atoms. The molecule has 4 fully saturated rings. The van der Waals surface area contributed by atoms with Crippen LogP contribution in [-0.2, 0) is 25.0 Å². The molecule has 5 aromatic rings. The van der Waals surface area contributed by atoms with Crippen LogP contribution in [0.1, 0.15) is 136 Å². The number of amides is 4. The number of alkyl halides is 2. The third-order valence-electron chi connectivity index (χ3n) is 16.7. The maximum absolute atomic E-state index is 16.8. The lowest BCUT2D eigenvalue weighted by atomic mass is 9.79. The molecule has 3 aromatic carbocycles. The zero-order chi connectivity index (χ0) is 50.7. The van der Waals surface area contributed by atoms with Gasteiger partial charge in [-0.2, -0.15) is 8.78 Å². The van der Waals surface area contributed by atoms with Crippen LogP contribution >= 0.6 is 0 Å². The second-order valence-corrected chi connectivity index (χ2v) is 23.1. The summed E-state index contributed by atoms with van der Waals surface area (Å²) in [4.78, 5) is 74.4. The van der Waals surface area contributed by atoms with Gasteiger partial charge < -0.3 is 39.9 Å². The molecular weight excluding hydrogens is 907 g/mol. The largest absolute Gasteiger partial charge is 0.453 e. The first-order chi connectivity index (χ1) is 33.5. The Morgan fingerprint density at radius 2 is 1.41 bits per heavy atom. The first kappa shape index (κ1) is 48.3. The molecule has 2 aromatic heterocycles. The average molecular weight is 973 g/mol. The summed E-state index contributed by atoms with van der Waals surface area (Å²) in [5.41, 5.74) is 3.46. The number of piperidine rings is 1. The number of likely N-dealkylation sites (tertiary alicyclic amines) is 2. The molecule has 2 saturated carbocycles. The molecule has 376 valence electrons. The lowest BCUT2D eigenvalue weighted by Crippen LogP contribution is -2.55. The summed E-state index contributed by atoms with van der Waals surface area (Å²) in [5.74, 6) is -2.60. The van der Waals surface area contributed by atoms with E-state index in [1.54, 1.807) is 29.3 Å². The molecule has 4 heterocycles. The Morgan fingerprint density at radius 1 is 0.789 bits per heavy atom. The Kier molecular flexibility index (Phi) is 11.7. The van der Waals surface area contributed by atoms with E-state index in [2.05, 4.69) is 20.6 Å². The van der Waals surface area contributed by atoms with Crippen molar-refractivity contribution in [2.45, 2.75) is 143 Å². The highest BCUT2D eigenvalue weighted by Crippen LogP contribution is 2.59. The normalized spacial score (nSPS) is 22.5. The van der Waals surface area contributed by atoms with Crippen LogP contribution in [0.3, 0.4) is 0 Å². The molecule has 6 atom stereocenters. The molecule has 14 nitrogen and oxygen atoms in total.